The molecule has 0 aliphatic carbocycles. The van der Waals surface area contributed by atoms with Crippen molar-refractivity contribution in [1.29, 1.82) is 0 Å². The summed E-state index contributed by atoms with van der Waals surface area (Å²) in [4.78, 5) is 3.45. The molecule has 1 fully saturated rings. The molecule has 0 radical (unpaired) electrons. The summed E-state index contributed by atoms with van der Waals surface area (Å²) in [5.41, 5.74) is 0. The molecule has 3 heteroatoms. The summed E-state index contributed by atoms with van der Waals surface area (Å²) in [7, 11) is 0. The average molecular weight is 101 g/mol. The fourth-order valence-electron chi connectivity index (χ4n) is 0.424. The molecule has 0 N–H and O–H groups in total. The molecule has 3 nitrogen and oxygen atoms in total. The molecule has 0 atom stereocenters. The third-order valence-corrected chi connectivity index (χ3v) is 0.765. The number of rotatable bonds is 1. The molecule has 0 aromatic heterocycles. The van der Waals surface area contributed by atoms with E-state index in [-0.39, 0.29) is 6.29 Å². The van der Waals surface area contributed by atoms with Crippen molar-refractivity contribution in [3.05, 3.63) is 0 Å². The summed E-state index contributed by atoms with van der Waals surface area (Å²) in [6.07, 6.45) is -0.481. The van der Waals surface area contributed by atoms with Gasteiger partial charge in [0.05, 0.1) is 0 Å². The lowest BCUT2D eigenvalue weighted by atomic mass is 10.7. The maximum atomic E-state index is 4.84. The van der Waals surface area contributed by atoms with Gasteiger partial charge in [-0.3, -0.25) is 0 Å². The monoisotopic (exact) mass is 101 g/mol. The van der Waals surface area contributed by atoms with Crippen molar-refractivity contribution in [1.82, 2.24) is 0 Å². The highest BCUT2D eigenvalue weighted by Crippen LogP contribution is 2.14. The van der Waals surface area contributed by atoms with Gasteiger partial charge in [0.15, 0.2) is 6.29 Å². The highest BCUT2D eigenvalue weighted by molar-refractivity contribution is 5.23. The number of ether oxygens (including phenoxy) is 2. The third-order valence-electron chi connectivity index (χ3n) is 0.765. The average Bonchev–Trinajstić information content (AvgIpc) is 1.58. The SMILES string of the molecule is C=NC1OC(C)O1. The maximum absolute atomic E-state index is 4.84. The van der Waals surface area contributed by atoms with Crippen LogP contribution < -0.4 is 0 Å². The van der Waals surface area contributed by atoms with Crippen LogP contribution in [0.2, 0.25) is 0 Å². The van der Waals surface area contributed by atoms with Crippen LogP contribution in [0.4, 0.5) is 0 Å². The number of hydrogen-bond donors (Lipinski definition) is 0. The van der Waals surface area contributed by atoms with Gasteiger partial charge in [0.25, 0.3) is 6.41 Å². The van der Waals surface area contributed by atoms with Gasteiger partial charge in [-0.15, -0.1) is 0 Å². The molecule has 0 unspecified atom stereocenters. The first-order valence-corrected chi connectivity index (χ1v) is 2.09. The fourth-order valence-corrected chi connectivity index (χ4v) is 0.424. The van der Waals surface area contributed by atoms with E-state index in [0.29, 0.717) is 0 Å². The zero-order chi connectivity index (χ0) is 5.28. The molecule has 1 aliphatic heterocycles. The predicted octanol–water partition coefficient (Wildman–Crippen LogP) is 0.363. The van der Waals surface area contributed by atoms with E-state index in [9.17, 15) is 0 Å². The molecule has 40 valence electrons. The Bertz CT molecular complexity index is 77.8. The number of hydrogen-bond acceptors (Lipinski definition) is 3. The van der Waals surface area contributed by atoms with Gasteiger partial charge in [-0.1, -0.05) is 0 Å². The molecule has 0 aromatic carbocycles. The Kier molecular flexibility index (Phi) is 1.08. The molecule has 7 heavy (non-hydrogen) atoms. The Morgan fingerprint density at radius 3 is 2.29 bits per heavy atom. The van der Waals surface area contributed by atoms with Gasteiger partial charge in [-0.05, 0) is 13.6 Å². The molecule has 1 rings (SSSR count). The highest BCUT2D eigenvalue weighted by atomic mass is 16.9. The van der Waals surface area contributed by atoms with Crippen LogP contribution in [-0.2, 0) is 9.47 Å². The van der Waals surface area contributed by atoms with Crippen LogP contribution in [0, 0.1) is 0 Å². The summed E-state index contributed by atoms with van der Waals surface area (Å²) in [5, 5.41) is 0. The van der Waals surface area contributed by atoms with Crippen molar-refractivity contribution < 1.29 is 9.47 Å². The topological polar surface area (TPSA) is 30.8 Å². The quantitative estimate of drug-likeness (QED) is 0.446. The van der Waals surface area contributed by atoms with Crippen molar-refractivity contribution in [3.63, 3.8) is 0 Å². The van der Waals surface area contributed by atoms with Gasteiger partial charge >= 0.3 is 0 Å². The lowest BCUT2D eigenvalue weighted by Crippen LogP contribution is -2.36. The second-order valence-electron chi connectivity index (χ2n) is 1.33. The van der Waals surface area contributed by atoms with E-state index >= 15 is 0 Å². The van der Waals surface area contributed by atoms with Crippen LogP contribution in [0.25, 0.3) is 0 Å². The summed E-state index contributed by atoms with van der Waals surface area (Å²) < 4.78 is 9.67. The van der Waals surface area contributed by atoms with E-state index in [1.807, 2.05) is 6.92 Å². The number of nitrogens with zero attached hydrogens (tertiary/aromatic N) is 1. The van der Waals surface area contributed by atoms with E-state index in [2.05, 4.69) is 11.7 Å². The molecule has 1 aliphatic rings. The minimum absolute atomic E-state index is 0.0875. The van der Waals surface area contributed by atoms with Crippen molar-refractivity contribution in [2.45, 2.75) is 19.6 Å². The van der Waals surface area contributed by atoms with Crippen molar-refractivity contribution in [3.8, 4) is 0 Å². The molecule has 1 heterocycles. The van der Waals surface area contributed by atoms with Crippen LogP contribution in [0.3, 0.4) is 0 Å². The van der Waals surface area contributed by atoms with E-state index in [1.165, 1.54) is 0 Å². The van der Waals surface area contributed by atoms with Crippen LogP contribution >= 0.6 is 0 Å². The van der Waals surface area contributed by atoms with Crippen LogP contribution in [0.1, 0.15) is 6.92 Å². The highest BCUT2D eigenvalue weighted by Gasteiger charge is 2.24. The Balaban J connectivity index is 2.17. The standard InChI is InChI=1S/C4H7NO2/c1-3-6-4(5-2)7-3/h3-4H,2H2,1H3. The first-order chi connectivity index (χ1) is 3.33. The Hall–Kier alpha value is -0.410. The van der Waals surface area contributed by atoms with Crippen molar-refractivity contribution in [2.75, 3.05) is 0 Å². The second-order valence-corrected chi connectivity index (χ2v) is 1.33. The normalized spacial score (nSPS) is 39.6. The maximum Gasteiger partial charge on any atom is 0.262 e. The first-order valence-electron chi connectivity index (χ1n) is 2.09. The Morgan fingerprint density at radius 1 is 1.57 bits per heavy atom. The van der Waals surface area contributed by atoms with Crippen LogP contribution in [0.15, 0.2) is 4.99 Å². The van der Waals surface area contributed by atoms with Gasteiger partial charge in [-0.2, -0.15) is 0 Å². The zero-order valence-corrected chi connectivity index (χ0v) is 4.13. The van der Waals surface area contributed by atoms with Crippen molar-refractivity contribution >= 4 is 6.72 Å². The molecule has 0 aromatic rings. The molecular formula is C4H7NO2. The Morgan fingerprint density at radius 2 is 2.14 bits per heavy atom. The molecule has 0 spiro atoms. The zero-order valence-electron chi connectivity index (χ0n) is 4.13. The molecule has 1 saturated heterocycles. The van der Waals surface area contributed by atoms with E-state index in [1.54, 1.807) is 0 Å². The van der Waals surface area contributed by atoms with E-state index < -0.39 is 6.41 Å². The van der Waals surface area contributed by atoms with E-state index in [0.717, 1.165) is 0 Å². The molecule has 0 amide bonds. The summed E-state index contributed by atoms with van der Waals surface area (Å²) >= 11 is 0. The summed E-state index contributed by atoms with van der Waals surface area (Å²) in [5.74, 6) is 0. The lowest BCUT2D eigenvalue weighted by molar-refractivity contribution is -0.371. The molecular weight excluding hydrogens is 94.0 g/mol. The van der Waals surface area contributed by atoms with Gasteiger partial charge in [0.1, 0.15) is 0 Å². The van der Waals surface area contributed by atoms with Crippen LogP contribution in [0.5, 0.6) is 0 Å². The number of aliphatic imine (C=N–C) groups is 1. The summed E-state index contributed by atoms with van der Waals surface area (Å²) in [6, 6.07) is 0. The smallest absolute Gasteiger partial charge is 0.262 e. The van der Waals surface area contributed by atoms with Gasteiger partial charge in [0, 0.05) is 0 Å². The van der Waals surface area contributed by atoms with Gasteiger partial charge in [-0.25, -0.2) is 4.99 Å². The predicted molar refractivity (Wildman–Crippen MR) is 25.0 cm³/mol. The summed E-state index contributed by atoms with van der Waals surface area (Å²) in [6.45, 7) is 5.02. The van der Waals surface area contributed by atoms with Crippen molar-refractivity contribution in [2.24, 2.45) is 4.99 Å². The fraction of sp³-hybridized carbons (Fsp3) is 0.750. The lowest BCUT2D eigenvalue weighted by Gasteiger charge is -2.29. The second kappa shape index (κ2) is 1.60. The van der Waals surface area contributed by atoms with Gasteiger partial charge < -0.3 is 9.47 Å². The van der Waals surface area contributed by atoms with Gasteiger partial charge in [0.2, 0.25) is 0 Å². The largest absolute Gasteiger partial charge is 0.304 e. The Labute approximate surface area is 42.0 Å². The first kappa shape index (κ1) is 4.74. The molecule has 0 saturated carbocycles. The minimum Gasteiger partial charge on any atom is -0.304 e. The van der Waals surface area contributed by atoms with E-state index in [4.69, 9.17) is 9.47 Å². The van der Waals surface area contributed by atoms with Crippen LogP contribution in [-0.4, -0.2) is 19.4 Å². The molecule has 0 bridgehead atoms. The third kappa shape index (κ3) is 0.783. The minimum atomic E-state index is -0.394.